The number of nitrogens with zero attached hydrogens (tertiary/aromatic N) is 2. The van der Waals surface area contributed by atoms with Crippen molar-refractivity contribution in [3.05, 3.63) is 29.8 Å². The molecule has 1 aromatic carbocycles. The van der Waals surface area contributed by atoms with Crippen molar-refractivity contribution in [3.63, 3.8) is 0 Å². The van der Waals surface area contributed by atoms with Gasteiger partial charge in [0.05, 0.1) is 10.9 Å². The molecule has 0 bridgehead atoms. The van der Waals surface area contributed by atoms with Gasteiger partial charge in [0.15, 0.2) is 0 Å². The Morgan fingerprint density at radius 3 is 2.65 bits per heavy atom. The van der Waals surface area contributed by atoms with Crippen molar-refractivity contribution in [1.29, 1.82) is 0 Å². The van der Waals surface area contributed by atoms with E-state index >= 15 is 0 Å². The van der Waals surface area contributed by atoms with E-state index in [2.05, 4.69) is 5.32 Å². The first-order chi connectivity index (χ1) is 10.8. The number of aryl methyl sites for hydroxylation is 1. The van der Waals surface area contributed by atoms with Gasteiger partial charge in [-0.3, -0.25) is 9.69 Å². The summed E-state index contributed by atoms with van der Waals surface area (Å²) in [7, 11) is 0.0839. The molecule has 1 N–H and O–H groups in total. The fraction of sp³-hybridized carbons (Fsp3) is 0.562. The minimum absolute atomic E-state index is 0.00925. The predicted molar refractivity (Wildman–Crippen MR) is 87.5 cm³/mol. The minimum atomic E-state index is -3.46. The van der Waals surface area contributed by atoms with E-state index in [1.54, 1.807) is 29.6 Å². The van der Waals surface area contributed by atoms with Gasteiger partial charge < -0.3 is 5.32 Å². The molecule has 0 aromatic heterocycles. The van der Waals surface area contributed by atoms with Gasteiger partial charge in [-0.2, -0.15) is 4.31 Å². The van der Waals surface area contributed by atoms with Crippen LogP contribution in [0.3, 0.4) is 0 Å². The van der Waals surface area contributed by atoms with Crippen LogP contribution in [-0.2, 0) is 14.8 Å². The summed E-state index contributed by atoms with van der Waals surface area (Å²) in [5.74, 6) is 0.219. The normalized spacial score (nSPS) is 28.7. The molecule has 126 valence electrons. The van der Waals surface area contributed by atoms with Gasteiger partial charge >= 0.3 is 0 Å². The lowest BCUT2D eigenvalue weighted by Crippen LogP contribution is -2.45. The van der Waals surface area contributed by atoms with Crippen molar-refractivity contribution >= 4 is 15.9 Å². The van der Waals surface area contributed by atoms with Crippen LogP contribution >= 0.6 is 0 Å². The smallest absolute Gasteiger partial charge is 0.243 e. The van der Waals surface area contributed by atoms with Crippen molar-refractivity contribution < 1.29 is 13.2 Å². The molecular weight excluding hydrogens is 314 g/mol. The van der Waals surface area contributed by atoms with E-state index in [0.717, 1.165) is 5.56 Å². The molecule has 0 unspecified atom stereocenters. The summed E-state index contributed by atoms with van der Waals surface area (Å²) in [6, 6.07) is 6.97. The average Bonchev–Trinajstić information content (AvgIpc) is 3.07. The third kappa shape index (κ3) is 2.77. The van der Waals surface area contributed by atoms with E-state index in [9.17, 15) is 13.2 Å². The number of fused-ring (bicyclic) bond motifs is 1. The maximum Gasteiger partial charge on any atom is 0.243 e. The van der Waals surface area contributed by atoms with Crippen molar-refractivity contribution in [2.45, 2.75) is 30.3 Å². The lowest BCUT2D eigenvalue weighted by atomic mass is 10.0. The van der Waals surface area contributed by atoms with Crippen molar-refractivity contribution in [1.82, 2.24) is 14.5 Å². The standard InChI is InChI=1S/C16H23N3O3S/c1-11-5-4-6-13(7-11)23(21,22)19-9-12-8-14(16(20)17-2)18(3)15(12)10-19/h4-7,12,14-15H,8-10H2,1-3H3,(H,17,20)/t12-,14-,15+/m0/s1. The average molecular weight is 337 g/mol. The van der Waals surface area contributed by atoms with E-state index in [1.807, 2.05) is 24.9 Å². The van der Waals surface area contributed by atoms with Gasteiger partial charge in [0.2, 0.25) is 15.9 Å². The molecule has 3 atom stereocenters. The number of hydrogen-bond donors (Lipinski definition) is 1. The summed E-state index contributed by atoms with van der Waals surface area (Å²) in [5.41, 5.74) is 0.933. The third-order valence-corrected chi connectivity index (χ3v) is 6.92. The second-order valence-electron chi connectivity index (χ2n) is 6.50. The number of hydrogen-bond acceptors (Lipinski definition) is 4. The fourth-order valence-corrected chi connectivity index (χ4v) is 5.39. The Kier molecular flexibility index (Phi) is 4.20. The monoisotopic (exact) mass is 337 g/mol. The van der Waals surface area contributed by atoms with Gasteiger partial charge in [-0.1, -0.05) is 12.1 Å². The maximum atomic E-state index is 12.8. The van der Waals surface area contributed by atoms with Crippen LogP contribution in [0.25, 0.3) is 0 Å². The van der Waals surface area contributed by atoms with Crippen LogP contribution in [-0.4, -0.2) is 62.8 Å². The fourth-order valence-electron chi connectivity index (χ4n) is 3.77. The van der Waals surface area contributed by atoms with Gasteiger partial charge in [-0.05, 0) is 44.0 Å². The number of carbonyl (C=O) groups excluding carboxylic acids is 1. The lowest BCUT2D eigenvalue weighted by molar-refractivity contribution is -0.125. The van der Waals surface area contributed by atoms with Gasteiger partial charge in [-0.25, -0.2) is 8.42 Å². The van der Waals surface area contributed by atoms with Crippen molar-refractivity contribution in [2.75, 3.05) is 27.2 Å². The highest BCUT2D eigenvalue weighted by Gasteiger charge is 2.49. The highest BCUT2D eigenvalue weighted by atomic mass is 32.2. The van der Waals surface area contributed by atoms with Gasteiger partial charge in [-0.15, -0.1) is 0 Å². The Bertz CT molecular complexity index is 719. The minimum Gasteiger partial charge on any atom is -0.358 e. The summed E-state index contributed by atoms with van der Waals surface area (Å²) in [4.78, 5) is 14.3. The Hall–Kier alpha value is -1.44. The molecule has 2 fully saturated rings. The Morgan fingerprint density at radius 2 is 2.04 bits per heavy atom. The highest BCUT2D eigenvalue weighted by Crippen LogP contribution is 2.36. The van der Waals surface area contributed by atoms with Crippen LogP contribution in [0.4, 0.5) is 0 Å². The molecule has 2 saturated heterocycles. The van der Waals surface area contributed by atoms with E-state index in [4.69, 9.17) is 0 Å². The van der Waals surface area contributed by atoms with Gasteiger partial charge in [0.25, 0.3) is 0 Å². The molecule has 1 amide bonds. The van der Waals surface area contributed by atoms with Crippen LogP contribution < -0.4 is 5.32 Å². The second kappa shape index (κ2) is 5.89. The Balaban J connectivity index is 1.78. The third-order valence-electron chi connectivity index (χ3n) is 5.09. The highest BCUT2D eigenvalue weighted by molar-refractivity contribution is 7.89. The van der Waals surface area contributed by atoms with Crippen molar-refractivity contribution in [3.8, 4) is 0 Å². The van der Waals surface area contributed by atoms with Crippen LogP contribution in [0, 0.1) is 12.8 Å². The quantitative estimate of drug-likeness (QED) is 0.869. The molecule has 0 aliphatic carbocycles. The van der Waals surface area contributed by atoms with E-state index in [1.165, 1.54) is 0 Å². The van der Waals surface area contributed by atoms with Gasteiger partial charge in [0.1, 0.15) is 0 Å². The zero-order valence-electron chi connectivity index (χ0n) is 13.7. The lowest BCUT2D eigenvalue weighted by Gasteiger charge is -2.25. The zero-order valence-corrected chi connectivity index (χ0v) is 14.5. The molecule has 0 radical (unpaired) electrons. The molecule has 0 spiro atoms. The number of likely N-dealkylation sites (tertiary alicyclic amines) is 1. The summed E-state index contributed by atoms with van der Waals surface area (Å²) >= 11 is 0. The van der Waals surface area contributed by atoms with Crippen LogP contribution in [0.1, 0.15) is 12.0 Å². The number of nitrogens with one attached hydrogen (secondary N) is 1. The maximum absolute atomic E-state index is 12.8. The number of carbonyl (C=O) groups is 1. The summed E-state index contributed by atoms with van der Waals surface area (Å²) in [5, 5.41) is 2.69. The predicted octanol–water partition coefficient (Wildman–Crippen LogP) is 0.434. The number of likely N-dealkylation sites (N-methyl/N-ethyl adjacent to an activating group) is 2. The van der Waals surface area contributed by atoms with Crippen molar-refractivity contribution in [2.24, 2.45) is 5.92 Å². The summed E-state index contributed by atoms with van der Waals surface area (Å²) < 4.78 is 27.2. The van der Waals surface area contributed by atoms with Crippen LogP contribution in [0.2, 0.25) is 0 Å². The van der Waals surface area contributed by atoms with Gasteiger partial charge in [0, 0.05) is 26.2 Å². The number of benzene rings is 1. The van der Waals surface area contributed by atoms with E-state index < -0.39 is 10.0 Å². The van der Waals surface area contributed by atoms with Crippen LogP contribution in [0.15, 0.2) is 29.2 Å². The molecule has 2 heterocycles. The van der Waals surface area contributed by atoms with Crippen LogP contribution in [0.5, 0.6) is 0 Å². The first-order valence-corrected chi connectivity index (χ1v) is 9.29. The molecule has 2 aliphatic heterocycles. The van der Waals surface area contributed by atoms with E-state index in [-0.39, 0.29) is 23.9 Å². The SMILES string of the molecule is CNC(=O)[C@@H]1C[C@H]2CN(S(=O)(=O)c3cccc(C)c3)C[C@H]2N1C. The number of amides is 1. The number of sulfonamides is 1. The first kappa shape index (κ1) is 16.4. The first-order valence-electron chi connectivity index (χ1n) is 7.85. The molecule has 7 heteroatoms. The molecule has 23 heavy (non-hydrogen) atoms. The molecular formula is C16H23N3O3S. The molecule has 1 aromatic rings. The zero-order chi connectivity index (χ0) is 16.8. The Labute approximate surface area is 137 Å². The molecule has 2 aliphatic rings. The molecule has 6 nitrogen and oxygen atoms in total. The largest absolute Gasteiger partial charge is 0.358 e. The second-order valence-corrected chi connectivity index (χ2v) is 8.44. The van der Waals surface area contributed by atoms with E-state index in [0.29, 0.717) is 24.4 Å². The molecule has 3 rings (SSSR count). The topological polar surface area (TPSA) is 69.7 Å². The Morgan fingerprint density at radius 1 is 1.30 bits per heavy atom. The molecule has 0 saturated carbocycles. The summed E-state index contributed by atoms with van der Waals surface area (Å²) in [6.07, 6.45) is 0.709. The summed E-state index contributed by atoms with van der Waals surface area (Å²) in [6.45, 7) is 2.82. The number of rotatable bonds is 3.